The van der Waals surface area contributed by atoms with Crippen LogP contribution in [0.25, 0.3) is 0 Å². The number of thiocarbonyl (C=S) groups is 1. The van der Waals surface area contributed by atoms with Crippen molar-refractivity contribution in [2.75, 3.05) is 31.6 Å². The first-order valence-electron chi connectivity index (χ1n) is 5.68. The molecule has 104 valence electrons. The Bertz CT molecular complexity index is 551. The van der Waals surface area contributed by atoms with Gasteiger partial charge in [0, 0.05) is 18.8 Å². The molecule has 1 aliphatic heterocycles. The van der Waals surface area contributed by atoms with E-state index in [2.05, 4.69) is 5.32 Å². The van der Waals surface area contributed by atoms with Crippen LogP contribution in [0.15, 0.2) is 29.2 Å². The highest BCUT2D eigenvalue weighted by Gasteiger charge is 2.14. The van der Waals surface area contributed by atoms with Gasteiger partial charge in [-0.05, 0) is 36.5 Å². The van der Waals surface area contributed by atoms with E-state index >= 15 is 0 Å². The van der Waals surface area contributed by atoms with E-state index in [0.29, 0.717) is 24.0 Å². The van der Waals surface area contributed by atoms with Crippen LogP contribution in [0.4, 0.5) is 5.69 Å². The molecule has 1 heterocycles. The summed E-state index contributed by atoms with van der Waals surface area (Å²) in [6.45, 7) is 2.75. The zero-order chi connectivity index (χ0) is 13.9. The van der Waals surface area contributed by atoms with Gasteiger partial charge in [-0.25, -0.2) is 0 Å². The van der Waals surface area contributed by atoms with Gasteiger partial charge in [-0.15, -0.1) is 0 Å². The molecule has 1 aromatic rings. The van der Waals surface area contributed by atoms with Gasteiger partial charge < -0.3 is 15.0 Å². The second kappa shape index (κ2) is 5.83. The Balaban J connectivity index is 2.01. The van der Waals surface area contributed by atoms with Gasteiger partial charge in [0.2, 0.25) is 0 Å². The van der Waals surface area contributed by atoms with Crippen molar-refractivity contribution < 1.29 is 17.7 Å². The number of anilines is 1. The van der Waals surface area contributed by atoms with Crippen LogP contribution >= 0.6 is 12.2 Å². The van der Waals surface area contributed by atoms with Crippen molar-refractivity contribution in [2.24, 2.45) is 0 Å². The molecular weight excluding hydrogens is 288 g/mol. The fourth-order valence-corrected chi connectivity index (χ4v) is 2.46. The second-order valence-corrected chi connectivity index (χ2v) is 5.84. The lowest BCUT2D eigenvalue weighted by Gasteiger charge is -2.29. The van der Waals surface area contributed by atoms with E-state index in [4.69, 9.17) is 21.5 Å². The molecule has 1 aromatic carbocycles. The van der Waals surface area contributed by atoms with E-state index in [1.54, 1.807) is 12.1 Å². The molecule has 8 heteroatoms. The second-order valence-electron chi connectivity index (χ2n) is 4.03. The number of nitrogens with zero attached hydrogens (tertiary/aromatic N) is 1. The van der Waals surface area contributed by atoms with Crippen LogP contribution in [0, 0.1) is 0 Å². The van der Waals surface area contributed by atoms with Crippen molar-refractivity contribution >= 4 is 33.1 Å². The van der Waals surface area contributed by atoms with Crippen molar-refractivity contribution in [3.05, 3.63) is 24.3 Å². The van der Waals surface area contributed by atoms with Gasteiger partial charge in [0.15, 0.2) is 5.11 Å². The minimum atomic E-state index is -4.16. The maximum atomic E-state index is 10.9. The SMILES string of the molecule is O=S(=O)(O)c1ccc(NC(=S)N2CCOCC2)cc1. The molecule has 1 aliphatic rings. The summed E-state index contributed by atoms with van der Waals surface area (Å²) >= 11 is 5.25. The normalized spacial score (nSPS) is 16.2. The first-order valence-corrected chi connectivity index (χ1v) is 7.53. The predicted octanol–water partition coefficient (Wildman–Crippen LogP) is 0.962. The van der Waals surface area contributed by atoms with E-state index in [1.807, 2.05) is 4.90 Å². The number of benzene rings is 1. The van der Waals surface area contributed by atoms with Crippen molar-refractivity contribution in [3.8, 4) is 0 Å². The highest BCUT2D eigenvalue weighted by molar-refractivity contribution is 7.85. The van der Waals surface area contributed by atoms with Gasteiger partial charge in [-0.3, -0.25) is 4.55 Å². The van der Waals surface area contributed by atoms with E-state index in [1.165, 1.54) is 12.1 Å². The van der Waals surface area contributed by atoms with Crippen LogP contribution in [-0.2, 0) is 14.9 Å². The van der Waals surface area contributed by atoms with Crippen molar-refractivity contribution in [3.63, 3.8) is 0 Å². The molecular formula is C11H14N2O4S2. The minimum absolute atomic E-state index is 0.143. The first-order chi connectivity index (χ1) is 8.97. The monoisotopic (exact) mass is 302 g/mol. The molecule has 0 bridgehead atoms. The van der Waals surface area contributed by atoms with Gasteiger partial charge in [-0.1, -0.05) is 0 Å². The highest BCUT2D eigenvalue weighted by atomic mass is 32.2. The topological polar surface area (TPSA) is 78.9 Å². The lowest BCUT2D eigenvalue weighted by molar-refractivity contribution is 0.0690. The predicted molar refractivity (Wildman–Crippen MR) is 74.9 cm³/mol. The highest BCUT2D eigenvalue weighted by Crippen LogP contribution is 2.14. The average molecular weight is 302 g/mol. The zero-order valence-corrected chi connectivity index (χ0v) is 11.7. The third-order valence-corrected chi connectivity index (χ3v) is 3.93. The van der Waals surface area contributed by atoms with Gasteiger partial charge in [-0.2, -0.15) is 8.42 Å². The summed E-state index contributed by atoms with van der Waals surface area (Å²) in [4.78, 5) is 1.84. The Morgan fingerprint density at radius 1 is 1.26 bits per heavy atom. The first kappa shape index (κ1) is 14.2. The molecule has 0 aliphatic carbocycles. The third kappa shape index (κ3) is 3.87. The third-order valence-electron chi connectivity index (χ3n) is 2.70. The van der Waals surface area contributed by atoms with Crippen LogP contribution in [0.1, 0.15) is 0 Å². The van der Waals surface area contributed by atoms with Crippen molar-refractivity contribution in [1.29, 1.82) is 0 Å². The Hall–Kier alpha value is -1.22. The Labute approximate surface area is 117 Å². The summed E-state index contributed by atoms with van der Waals surface area (Å²) in [5, 5.41) is 3.59. The molecule has 2 rings (SSSR count). The Morgan fingerprint density at radius 3 is 2.37 bits per heavy atom. The molecule has 0 radical (unpaired) electrons. The summed E-state index contributed by atoms with van der Waals surface area (Å²) in [6.07, 6.45) is 0. The number of morpholine rings is 1. The van der Waals surface area contributed by atoms with Gasteiger partial charge in [0.1, 0.15) is 0 Å². The van der Waals surface area contributed by atoms with Gasteiger partial charge >= 0.3 is 0 Å². The van der Waals surface area contributed by atoms with Crippen LogP contribution < -0.4 is 5.32 Å². The molecule has 0 aromatic heterocycles. The largest absolute Gasteiger partial charge is 0.378 e. The number of hydrogen-bond acceptors (Lipinski definition) is 4. The summed E-state index contributed by atoms with van der Waals surface area (Å²) in [7, 11) is -4.16. The Morgan fingerprint density at radius 2 is 1.84 bits per heavy atom. The van der Waals surface area contributed by atoms with E-state index in [-0.39, 0.29) is 4.90 Å². The lowest BCUT2D eigenvalue weighted by atomic mass is 10.3. The molecule has 0 saturated carbocycles. The average Bonchev–Trinajstić information content (AvgIpc) is 2.39. The summed E-state index contributed by atoms with van der Waals surface area (Å²) in [6, 6.07) is 5.74. The minimum Gasteiger partial charge on any atom is -0.378 e. The number of hydrogen-bond donors (Lipinski definition) is 2. The van der Waals surface area contributed by atoms with Crippen LogP contribution in [0.2, 0.25) is 0 Å². The number of ether oxygens (including phenoxy) is 1. The molecule has 2 N–H and O–H groups in total. The molecule has 0 atom stereocenters. The van der Waals surface area contributed by atoms with Gasteiger partial charge in [0.25, 0.3) is 10.1 Å². The molecule has 1 fully saturated rings. The van der Waals surface area contributed by atoms with Crippen molar-refractivity contribution in [2.45, 2.75) is 4.90 Å². The molecule has 6 nitrogen and oxygen atoms in total. The number of nitrogens with one attached hydrogen (secondary N) is 1. The molecule has 0 amide bonds. The van der Waals surface area contributed by atoms with Crippen LogP contribution in [0.5, 0.6) is 0 Å². The standard InChI is InChI=1S/C11H14N2O4S2/c14-19(15,16)10-3-1-9(2-4-10)12-11(18)13-5-7-17-8-6-13/h1-4H,5-8H2,(H,12,18)(H,14,15,16). The van der Waals surface area contributed by atoms with Crippen LogP contribution in [-0.4, -0.2) is 49.3 Å². The Kier molecular flexibility index (Phi) is 4.35. The van der Waals surface area contributed by atoms with Crippen LogP contribution in [0.3, 0.4) is 0 Å². The summed E-state index contributed by atoms with van der Waals surface area (Å²) < 4.78 is 35.9. The zero-order valence-electron chi connectivity index (χ0n) is 10.1. The van der Waals surface area contributed by atoms with E-state index < -0.39 is 10.1 Å². The fraction of sp³-hybridized carbons (Fsp3) is 0.364. The smallest absolute Gasteiger partial charge is 0.294 e. The lowest BCUT2D eigenvalue weighted by Crippen LogP contribution is -2.42. The molecule has 0 spiro atoms. The fourth-order valence-electron chi connectivity index (χ4n) is 1.68. The molecule has 19 heavy (non-hydrogen) atoms. The van der Waals surface area contributed by atoms with E-state index in [0.717, 1.165) is 13.1 Å². The molecule has 1 saturated heterocycles. The van der Waals surface area contributed by atoms with E-state index in [9.17, 15) is 8.42 Å². The maximum Gasteiger partial charge on any atom is 0.294 e. The quantitative estimate of drug-likeness (QED) is 0.622. The maximum absolute atomic E-state index is 10.9. The molecule has 0 unspecified atom stereocenters. The summed E-state index contributed by atoms with van der Waals surface area (Å²) in [5.41, 5.74) is 0.670. The summed E-state index contributed by atoms with van der Waals surface area (Å²) in [5.74, 6) is 0. The van der Waals surface area contributed by atoms with Crippen molar-refractivity contribution in [1.82, 2.24) is 4.90 Å². The van der Waals surface area contributed by atoms with Gasteiger partial charge in [0.05, 0.1) is 18.1 Å². The number of rotatable bonds is 2.